The second kappa shape index (κ2) is 8.65. The van der Waals surface area contributed by atoms with Crippen molar-refractivity contribution in [2.24, 2.45) is 24.8 Å². The topological polar surface area (TPSA) is 108 Å². The van der Waals surface area contributed by atoms with Crippen molar-refractivity contribution in [1.82, 2.24) is 14.5 Å². The number of para-hydroxylation sites is 1. The molecular formula is C27H31N5O4. The number of piperidine rings is 1. The highest BCUT2D eigenvalue weighted by molar-refractivity contribution is 5.94. The molecule has 5 rings (SSSR count). The van der Waals surface area contributed by atoms with Gasteiger partial charge in [0.1, 0.15) is 0 Å². The van der Waals surface area contributed by atoms with Crippen LogP contribution in [0.3, 0.4) is 0 Å². The monoisotopic (exact) mass is 489 g/mol. The quantitative estimate of drug-likeness (QED) is 0.548. The van der Waals surface area contributed by atoms with Crippen LogP contribution in [-0.4, -0.2) is 58.6 Å². The molecule has 0 radical (unpaired) electrons. The molecule has 3 atom stereocenters. The number of aryl methyl sites for hydroxylation is 1. The Morgan fingerprint density at radius 1 is 1.17 bits per heavy atom. The van der Waals surface area contributed by atoms with Crippen molar-refractivity contribution in [2.45, 2.75) is 19.9 Å². The van der Waals surface area contributed by atoms with Crippen LogP contribution in [0, 0.1) is 24.7 Å². The van der Waals surface area contributed by atoms with Gasteiger partial charge in [0, 0.05) is 51.4 Å². The zero-order valence-corrected chi connectivity index (χ0v) is 21.1. The van der Waals surface area contributed by atoms with Gasteiger partial charge in [-0.05, 0) is 49.4 Å². The Labute approximate surface area is 209 Å². The van der Waals surface area contributed by atoms with Crippen LogP contribution < -0.4 is 15.8 Å². The second-order valence-electron chi connectivity index (χ2n) is 10.2. The van der Waals surface area contributed by atoms with E-state index < -0.39 is 5.97 Å². The molecule has 1 amide bonds. The molecule has 9 heteroatoms. The summed E-state index contributed by atoms with van der Waals surface area (Å²) >= 11 is 0. The van der Waals surface area contributed by atoms with Gasteiger partial charge >= 0.3 is 5.97 Å². The molecule has 1 saturated carbocycles. The van der Waals surface area contributed by atoms with E-state index in [2.05, 4.69) is 10.2 Å². The molecule has 1 aliphatic heterocycles. The summed E-state index contributed by atoms with van der Waals surface area (Å²) in [4.78, 5) is 46.3. The van der Waals surface area contributed by atoms with Gasteiger partial charge in [0.15, 0.2) is 0 Å². The lowest BCUT2D eigenvalue weighted by molar-refractivity contribution is -0.130. The summed E-state index contributed by atoms with van der Waals surface area (Å²) in [7, 11) is 5.32. The number of anilines is 2. The molecule has 36 heavy (non-hydrogen) atoms. The summed E-state index contributed by atoms with van der Waals surface area (Å²) in [5, 5.41) is 13.4. The van der Waals surface area contributed by atoms with E-state index >= 15 is 0 Å². The summed E-state index contributed by atoms with van der Waals surface area (Å²) in [5.74, 6) is 0.400. The minimum atomic E-state index is -1.01. The van der Waals surface area contributed by atoms with E-state index in [1.54, 1.807) is 54.9 Å². The van der Waals surface area contributed by atoms with Gasteiger partial charge in [0.05, 0.1) is 22.5 Å². The number of aromatic nitrogens is 2. The number of nitrogens with one attached hydrogen (secondary N) is 1. The lowest BCUT2D eigenvalue weighted by Crippen LogP contribution is -2.35. The third-order valence-electron chi connectivity index (χ3n) is 7.53. The number of hydrogen-bond acceptors (Lipinski definition) is 6. The van der Waals surface area contributed by atoms with Crippen molar-refractivity contribution in [1.29, 1.82) is 0 Å². The normalized spacial score (nSPS) is 21.2. The first-order chi connectivity index (χ1) is 17.1. The molecule has 3 unspecified atom stereocenters. The number of carbonyl (C=O) groups excluding carboxylic acids is 1. The number of carboxylic acids is 1. The second-order valence-corrected chi connectivity index (χ2v) is 10.2. The lowest BCUT2D eigenvalue weighted by Gasteiger charge is -2.25. The number of amides is 1. The van der Waals surface area contributed by atoms with Crippen molar-refractivity contribution >= 4 is 34.4 Å². The van der Waals surface area contributed by atoms with E-state index in [-0.39, 0.29) is 40.8 Å². The van der Waals surface area contributed by atoms with Gasteiger partial charge < -0.3 is 20.2 Å². The SMILES string of the molecule is Cc1cc(C(C)Nc2ccccc2C(=O)O)c2nc(N3CC4C(C3)C4C(=O)N(C)C)n(C)c(=O)c2c1. The molecular weight excluding hydrogens is 458 g/mol. The van der Waals surface area contributed by atoms with Crippen molar-refractivity contribution in [3.05, 3.63) is 63.4 Å². The van der Waals surface area contributed by atoms with Crippen LogP contribution in [0.2, 0.25) is 0 Å². The molecule has 2 aliphatic rings. The molecule has 0 spiro atoms. The highest BCUT2D eigenvalue weighted by Crippen LogP contribution is 2.53. The molecule has 2 N–H and O–H groups in total. The number of carbonyl (C=O) groups is 2. The van der Waals surface area contributed by atoms with Gasteiger partial charge in [-0.1, -0.05) is 18.2 Å². The van der Waals surface area contributed by atoms with Gasteiger partial charge in [-0.25, -0.2) is 9.78 Å². The standard InChI is InChI=1S/C27H31N5O4/c1-14-10-17(15(2)28-21-9-7-6-8-16(21)26(35)36)23-18(11-14)24(33)31(5)27(29-23)32-12-19-20(13-32)22(19)25(34)30(3)4/h6-11,15,19-20,22,28H,12-13H2,1-5H3,(H,35,36). The van der Waals surface area contributed by atoms with Crippen LogP contribution >= 0.6 is 0 Å². The number of fused-ring (bicyclic) bond motifs is 2. The molecule has 9 nitrogen and oxygen atoms in total. The van der Waals surface area contributed by atoms with E-state index in [0.29, 0.717) is 35.6 Å². The number of rotatable bonds is 6. The Bertz CT molecular complexity index is 1430. The summed E-state index contributed by atoms with van der Waals surface area (Å²) < 4.78 is 1.59. The van der Waals surface area contributed by atoms with Gasteiger partial charge in [-0.15, -0.1) is 0 Å². The molecule has 1 saturated heterocycles. The maximum atomic E-state index is 13.4. The Kier molecular flexibility index (Phi) is 5.73. The van der Waals surface area contributed by atoms with E-state index in [0.717, 1.165) is 11.1 Å². The molecule has 2 fully saturated rings. The third-order valence-corrected chi connectivity index (χ3v) is 7.53. The number of hydrogen-bond donors (Lipinski definition) is 2. The van der Waals surface area contributed by atoms with Crippen LogP contribution in [0.1, 0.15) is 34.5 Å². The number of benzene rings is 2. The van der Waals surface area contributed by atoms with Gasteiger partial charge in [-0.3, -0.25) is 14.2 Å². The molecule has 2 heterocycles. The molecule has 0 bridgehead atoms. The Balaban J connectivity index is 1.51. The maximum absolute atomic E-state index is 13.4. The molecule has 3 aromatic rings. The Hall–Kier alpha value is -3.88. The maximum Gasteiger partial charge on any atom is 0.337 e. The number of nitrogens with zero attached hydrogens (tertiary/aromatic N) is 4. The predicted octanol–water partition coefficient (Wildman–Crippen LogP) is 2.88. The zero-order valence-electron chi connectivity index (χ0n) is 21.1. The minimum absolute atomic E-state index is 0.0606. The number of aromatic carboxylic acids is 1. The highest BCUT2D eigenvalue weighted by Gasteiger charge is 2.60. The fraction of sp³-hybridized carbons (Fsp3) is 0.407. The summed E-state index contributed by atoms with van der Waals surface area (Å²) in [6.07, 6.45) is 0. The Morgan fingerprint density at radius 3 is 2.47 bits per heavy atom. The lowest BCUT2D eigenvalue weighted by atomic mass is 10.0. The van der Waals surface area contributed by atoms with Crippen molar-refractivity contribution in [3.8, 4) is 0 Å². The molecule has 188 valence electrons. The van der Waals surface area contributed by atoms with Crippen LogP contribution in [0.15, 0.2) is 41.2 Å². The fourth-order valence-corrected chi connectivity index (χ4v) is 5.61. The van der Waals surface area contributed by atoms with Crippen molar-refractivity contribution in [2.75, 3.05) is 37.4 Å². The molecule has 1 aliphatic carbocycles. The largest absolute Gasteiger partial charge is 0.478 e. The van der Waals surface area contributed by atoms with Gasteiger partial charge in [0.25, 0.3) is 5.56 Å². The molecule has 2 aromatic carbocycles. The van der Waals surface area contributed by atoms with Crippen molar-refractivity contribution in [3.63, 3.8) is 0 Å². The average Bonchev–Trinajstić information content (AvgIpc) is 3.33. The predicted molar refractivity (Wildman–Crippen MR) is 139 cm³/mol. The van der Waals surface area contributed by atoms with Gasteiger partial charge in [0.2, 0.25) is 11.9 Å². The minimum Gasteiger partial charge on any atom is -0.478 e. The summed E-state index contributed by atoms with van der Waals surface area (Å²) in [5.41, 5.74) is 2.93. The summed E-state index contributed by atoms with van der Waals surface area (Å²) in [6, 6.07) is 10.3. The van der Waals surface area contributed by atoms with E-state index in [1.165, 1.54) is 0 Å². The molecule has 1 aromatic heterocycles. The van der Waals surface area contributed by atoms with E-state index in [9.17, 15) is 19.5 Å². The smallest absolute Gasteiger partial charge is 0.337 e. The van der Waals surface area contributed by atoms with Crippen LogP contribution in [0.25, 0.3) is 10.9 Å². The first-order valence-electron chi connectivity index (χ1n) is 12.1. The van der Waals surface area contributed by atoms with E-state index in [1.807, 2.05) is 26.0 Å². The first kappa shape index (κ1) is 23.8. The fourth-order valence-electron chi connectivity index (χ4n) is 5.61. The highest BCUT2D eigenvalue weighted by atomic mass is 16.4. The average molecular weight is 490 g/mol. The number of carboxylic acid groups (broad SMARTS) is 1. The van der Waals surface area contributed by atoms with Crippen LogP contribution in [0.5, 0.6) is 0 Å². The first-order valence-corrected chi connectivity index (χ1v) is 12.1. The van der Waals surface area contributed by atoms with Gasteiger partial charge in [-0.2, -0.15) is 0 Å². The van der Waals surface area contributed by atoms with Crippen molar-refractivity contribution < 1.29 is 14.7 Å². The third kappa shape index (κ3) is 3.88. The van der Waals surface area contributed by atoms with Crippen LogP contribution in [-0.2, 0) is 11.8 Å². The Morgan fingerprint density at radius 2 is 1.83 bits per heavy atom. The summed E-state index contributed by atoms with van der Waals surface area (Å²) in [6.45, 7) is 5.27. The van der Waals surface area contributed by atoms with E-state index in [4.69, 9.17) is 4.98 Å². The zero-order chi connectivity index (χ0) is 25.9. The van der Waals surface area contributed by atoms with Crippen LogP contribution in [0.4, 0.5) is 11.6 Å².